The number of carbonyl (C=O) groups excluding carboxylic acids is 1. The molecule has 110 valence electrons. The Morgan fingerprint density at radius 1 is 1.33 bits per heavy atom. The number of carboxylic acid groups (broad SMARTS) is 1. The molecule has 1 aromatic heterocycles. The van der Waals surface area contributed by atoms with E-state index in [-0.39, 0.29) is 17.2 Å². The molecule has 0 spiro atoms. The van der Waals surface area contributed by atoms with Gasteiger partial charge < -0.3 is 10.4 Å². The average molecular weight is 344 g/mol. The maximum absolute atomic E-state index is 12.1. The van der Waals surface area contributed by atoms with Gasteiger partial charge in [-0.15, -0.1) is 11.3 Å². The van der Waals surface area contributed by atoms with Gasteiger partial charge >= 0.3 is 5.97 Å². The molecule has 2 N–H and O–H groups in total. The fourth-order valence-corrected chi connectivity index (χ4v) is 3.10. The highest BCUT2D eigenvalue weighted by molar-refractivity contribution is 7.12. The first-order chi connectivity index (χ1) is 9.88. The van der Waals surface area contributed by atoms with E-state index >= 15 is 0 Å². The number of nitrogens with one attached hydrogen (secondary N) is 1. The standard InChI is InChI=1S/C14H11Cl2NO3S/c1-7-6-21-13(14(19)20)12(7)17-11(18)4-8-2-3-9(15)5-10(8)16/h2-3,5-6H,4H2,1H3,(H,17,18)(H,19,20). The number of halogens is 2. The number of carboxylic acids is 1. The lowest BCUT2D eigenvalue weighted by molar-refractivity contribution is -0.115. The van der Waals surface area contributed by atoms with Crippen LogP contribution in [-0.2, 0) is 11.2 Å². The number of amides is 1. The number of hydrogen-bond acceptors (Lipinski definition) is 3. The van der Waals surface area contributed by atoms with Crippen LogP contribution in [0.2, 0.25) is 10.0 Å². The predicted octanol–water partition coefficient (Wildman–Crippen LogP) is 4.24. The Hall–Kier alpha value is -1.56. The molecule has 0 radical (unpaired) electrons. The summed E-state index contributed by atoms with van der Waals surface area (Å²) in [5.74, 6) is -1.39. The SMILES string of the molecule is Cc1csc(C(=O)O)c1NC(=O)Cc1ccc(Cl)cc1Cl. The van der Waals surface area contributed by atoms with Crippen LogP contribution in [0.4, 0.5) is 5.69 Å². The second kappa shape index (κ2) is 6.47. The second-order valence-corrected chi connectivity index (χ2v) is 6.11. The summed E-state index contributed by atoms with van der Waals surface area (Å²) in [6.07, 6.45) is 0.0460. The Kier molecular flexibility index (Phi) is 4.88. The van der Waals surface area contributed by atoms with Gasteiger partial charge in [0, 0.05) is 10.0 Å². The van der Waals surface area contributed by atoms with E-state index in [4.69, 9.17) is 28.3 Å². The second-order valence-electron chi connectivity index (χ2n) is 4.39. The first-order valence-corrected chi connectivity index (χ1v) is 7.57. The van der Waals surface area contributed by atoms with Crippen LogP contribution >= 0.6 is 34.5 Å². The Bertz CT molecular complexity index is 712. The molecular weight excluding hydrogens is 333 g/mol. The van der Waals surface area contributed by atoms with Crippen LogP contribution < -0.4 is 5.32 Å². The van der Waals surface area contributed by atoms with Crippen molar-refractivity contribution in [3.05, 3.63) is 49.6 Å². The lowest BCUT2D eigenvalue weighted by Crippen LogP contribution is -2.16. The first kappa shape index (κ1) is 15.8. The van der Waals surface area contributed by atoms with Crippen LogP contribution in [0.5, 0.6) is 0 Å². The number of carbonyl (C=O) groups is 2. The number of rotatable bonds is 4. The van der Waals surface area contributed by atoms with Crippen LogP contribution in [0.1, 0.15) is 20.8 Å². The van der Waals surface area contributed by atoms with Gasteiger partial charge in [-0.3, -0.25) is 4.79 Å². The molecule has 0 unspecified atom stereocenters. The molecule has 1 aromatic carbocycles. The topological polar surface area (TPSA) is 66.4 Å². The summed E-state index contributed by atoms with van der Waals surface area (Å²) in [5, 5.41) is 14.3. The number of aryl methyl sites for hydroxylation is 1. The number of benzene rings is 1. The van der Waals surface area contributed by atoms with Crippen LogP contribution in [0.25, 0.3) is 0 Å². The van der Waals surface area contributed by atoms with Crippen molar-refractivity contribution >= 4 is 52.1 Å². The molecule has 2 rings (SSSR count). The van der Waals surface area contributed by atoms with Gasteiger partial charge in [0.25, 0.3) is 0 Å². The number of anilines is 1. The van der Waals surface area contributed by atoms with Crippen molar-refractivity contribution < 1.29 is 14.7 Å². The van der Waals surface area contributed by atoms with Crippen molar-refractivity contribution in [3.8, 4) is 0 Å². The van der Waals surface area contributed by atoms with Crippen LogP contribution in [0.3, 0.4) is 0 Å². The Balaban J connectivity index is 2.15. The molecule has 0 bridgehead atoms. The van der Waals surface area contributed by atoms with E-state index in [9.17, 15) is 9.59 Å². The van der Waals surface area contributed by atoms with E-state index in [1.54, 1.807) is 30.5 Å². The van der Waals surface area contributed by atoms with Crippen LogP contribution in [0, 0.1) is 6.92 Å². The van der Waals surface area contributed by atoms with Gasteiger partial charge in [0.2, 0.25) is 5.91 Å². The molecule has 0 aliphatic rings. The third-order valence-electron chi connectivity index (χ3n) is 2.80. The highest BCUT2D eigenvalue weighted by Crippen LogP contribution is 2.28. The number of thiophene rings is 1. The molecule has 1 heterocycles. The predicted molar refractivity (Wildman–Crippen MR) is 84.8 cm³/mol. The highest BCUT2D eigenvalue weighted by atomic mass is 35.5. The van der Waals surface area contributed by atoms with Crippen LogP contribution in [0.15, 0.2) is 23.6 Å². The van der Waals surface area contributed by atoms with E-state index < -0.39 is 5.97 Å². The molecular formula is C14H11Cl2NO3S. The Morgan fingerprint density at radius 3 is 2.67 bits per heavy atom. The van der Waals surface area contributed by atoms with Crippen molar-refractivity contribution in [2.24, 2.45) is 0 Å². The summed E-state index contributed by atoms with van der Waals surface area (Å²) in [4.78, 5) is 23.3. The molecule has 0 aliphatic heterocycles. The molecule has 0 saturated heterocycles. The van der Waals surface area contributed by atoms with Gasteiger partial charge in [0.15, 0.2) is 0 Å². The van der Waals surface area contributed by atoms with E-state index in [0.29, 0.717) is 26.9 Å². The summed E-state index contributed by atoms with van der Waals surface area (Å²) in [7, 11) is 0. The monoisotopic (exact) mass is 343 g/mol. The Labute approximate surface area is 135 Å². The summed E-state index contributed by atoms with van der Waals surface area (Å²) in [6, 6.07) is 4.88. The smallest absolute Gasteiger partial charge is 0.348 e. The fourth-order valence-electron chi connectivity index (χ4n) is 1.78. The first-order valence-electron chi connectivity index (χ1n) is 5.93. The van der Waals surface area contributed by atoms with Crippen molar-refractivity contribution in [1.82, 2.24) is 0 Å². The van der Waals surface area contributed by atoms with Crippen molar-refractivity contribution in [2.75, 3.05) is 5.32 Å². The van der Waals surface area contributed by atoms with Crippen LogP contribution in [-0.4, -0.2) is 17.0 Å². The molecule has 21 heavy (non-hydrogen) atoms. The lowest BCUT2D eigenvalue weighted by atomic mass is 10.1. The zero-order valence-electron chi connectivity index (χ0n) is 10.9. The summed E-state index contributed by atoms with van der Waals surface area (Å²) < 4.78 is 0. The summed E-state index contributed by atoms with van der Waals surface area (Å²) >= 11 is 12.9. The van der Waals surface area contributed by atoms with Gasteiger partial charge in [-0.2, -0.15) is 0 Å². The Morgan fingerprint density at radius 2 is 2.05 bits per heavy atom. The zero-order valence-corrected chi connectivity index (χ0v) is 13.3. The van der Waals surface area contributed by atoms with E-state index in [1.807, 2.05) is 0 Å². The van der Waals surface area contributed by atoms with Crippen molar-refractivity contribution in [3.63, 3.8) is 0 Å². The minimum atomic E-state index is -1.06. The molecule has 2 aromatic rings. The summed E-state index contributed by atoms with van der Waals surface area (Å²) in [5.41, 5.74) is 1.68. The molecule has 0 aliphatic carbocycles. The zero-order chi connectivity index (χ0) is 15.6. The molecule has 1 amide bonds. The van der Waals surface area contributed by atoms with Crippen molar-refractivity contribution in [1.29, 1.82) is 0 Å². The number of hydrogen-bond donors (Lipinski definition) is 2. The number of aromatic carboxylic acids is 1. The van der Waals surface area contributed by atoms with Gasteiger partial charge in [0.05, 0.1) is 12.1 Å². The third-order valence-corrected chi connectivity index (χ3v) is 4.47. The van der Waals surface area contributed by atoms with E-state index in [2.05, 4.69) is 5.32 Å². The molecule has 0 atom stereocenters. The third kappa shape index (κ3) is 3.75. The maximum Gasteiger partial charge on any atom is 0.348 e. The lowest BCUT2D eigenvalue weighted by Gasteiger charge is -2.08. The van der Waals surface area contributed by atoms with E-state index in [1.165, 1.54) is 0 Å². The van der Waals surface area contributed by atoms with Gasteiger partial charge in [0.1, 0.15) is 4.88 Å². The highest BCUT2D eigenvalue weighted by Gasteiger charge is 2.17. The van der Waals surface area contributed by atoms with Crippen molar-refractivity contribution in [2.45, 2.75) is 13.3 Å². The van der Waals surface area contributed by atoms with E-state index in [0.717, 1.165) is 11.3 Å². The minimum absolute atomic E-state index is 0.0460. The molecule has 7 heteroatoms. The molecule has 0 fully saturated rings. The van der Waals surface area contributed by atoms with Gasteiger partial charge in [-0.1, -0.05) is 29.3 Å². The largest absolute Gasteiger partial charge is 0.477 e. The minimum Gasteiger partial charge on any atom is -0.477 e. The normalized spacial score (nSPS) is 10.4. The fraction of sp³-hybridized carbons (Fsp3) is 0.143. The molecule has 4 nitrogen and oxygen atoms in total. The van der Waals surface area contributed by atoms with Gasteiger partial charge in [-0.05, 0) is 35.6 Å². The summed E-state index contributed by atoms with van der Waals surface area (Å²) in [6.45, 7) is 1.74. The average Bonchev–Trinajstić information content (AvgIpc) is 2.75. The maximum atomic E-state index is 12.1. The quantitative estimate of drug-likeness (QED) is 0.872. The van der Waals surface area contributed by atoms with Gasteiger partial charge in [-0.25, -0.2) is 4.79 Å². The molecule has 0 saturated carbocycles.